The Bertz CT molecular complexity index is 728. The average molecular weight is 279 g/mol. The van der Waals surface area contributed by atoms with Crippen molar-refractivity contribution in [3.63, 3.8) is 0 Å². The molecule has 1 heterocycles. The van der Waals surface area contributed by atoms with Crippen LogP contribution in [0.15, 0.2) is 24.5 Å². The number of nitrogens with one attached hydrogen (secondary N) is 1. The minimum atomic E-state index is 0.153. The lowest BCUT2D eigenvalue weighted by atomic mass is 10.1. The second kappa shape index (κ2) is 6.21. The van der Waals surface area contributed by atoms with E-state index in [4.69, 9.17) is 5.26 Å². The van der Waals surface area contributed by atoms with E-state index in [9.17, 15) is 5.26 Å². The largest absolute Gasteiger partial charge is 0.310 e. The number of aromatic nitrogens is 2. The topological polar surface area (TPSA) is 77.4 Å². The number of rotatable bonds is 4. The van der Waals surface area contributed by atoms with Crippen molar-refractivity contribution in [1.29, 1.82) is 10.5 Å². The fourth-order valence-corrected chi connectivity index (χ4v) is 2.08. The fourth-order valence-electron chi connectivity index (χ4n) is 2.08. The summed E-state index contributed by atoms with van der Waals surface area (Å²) in [6.45, 7) is 7.06. The number of hydrogen-bond donors (Lipinski definition) is 1. The van der Waals surface area contributed by atoms with Crippen molar-refractivity contribution in [3.8, 4) is 17.8 Å². The van der Waals surface area contributed by atoms with Crippen LogP contribution < -0.4 is 5.32 Å². The summed E-state index contributed by atoms with van der Waals surface area (Å²) in [5, 5.41) is 21.5. The molecule has 1 N–H and O–H groups in total. The maximum Gasteiger partial charge on any atom is 0.177 e. The third-order valence-corrected chi connectivity index (χ3v) is 3.28. The molecule has 0 saturated heterocycles. The zero-order valence-electron chi connectivity index (χ0n) is 12.4. The molecule has 0 aliphatic heterocycles. The Morgan fingerprint density at radius 3 is 2.62 bits per heavy atom. The number of nitrogens with zero attached hydrogens (tertiary/aromatic N) is 4. The van der Waals surface area contributed by atoms with Crippen LogP contribution in [0.2, 0.25) is 0 Å². The zero-order chi connectivity index (χ0) is 15.4. The predicted molar refractivity (Wildman–Crippen MR) is 79.7 cm³/mol. The first kappa shape index (κ1) is 14.8. The normalized spacial score (nSPS) is 10.4. The highest BCUT2D eigenvalue weighted by Crippen LogP contribution is 2.18. The van der Waals surface area contributed by atoms with E-state index in [1.165, 1.54) is 11.9 Å². The summed E-state index contributed by atoms with van der Waals surface area (Å²) < 4.78 is 1.64. The van der Waals surface area contributed by atoms with Crippen LogP contribution in [0.4, 0.5) is 0 Å². The molecule has 0 fully saturated rings. The number of hydrogen-bond acceptors (Lipinski definition) is 4. The Hall–Kier alpha value is -2.63. The number of benzene rings is 1. The van der Waals surface area contributed by atoms with Gasteiger partial charge < -0.3 is 5.32 Å². The molecule has 0 unspecified atom stereocenters. The quantitative estimate of drug-likeness (QED) is 0.932. The maximum atomic E-state index is 9.18. The number of imidazole rings is 1. The lowest BCUT2D eigenvalue weighted by Crippen LogP contribution is -2.22. The fraction of sp³-hybridized carbons (Fsp3) is 0.312. The molecule has 5 heteroatoms. The Balaban J connectivity index is 2.35. The first-order valence-electron chi connectivity index (χ1n) is 6.77. The molecular weight excluding hydrogens is 262 g/mol. The second-order valence-corrected chi connectivity index (χ2v) is 5.18. The van der Waals surface area contributed by atoms with E-state index in [0.717, 1.165) is 17.8 Å². The Morgan fingerprint density at radius 1 is 1.29 bits per heavy atom. The van der Waals surface area contributed by atoms with Crippen molar-refractivity contribution < 1.29 is 0 Å². The minimum Gasteiger partial charge on any atom is -0.310 e. The molecule has 0 atom stereocenters. The molecule has 1 aromatic carbocycles. The van der Waals surface area contributed by atoms with Crippen LogP contribution in [0.25, 0.3) is 5.69 Å². The van der Waals surface area contributed by atoms with Gasteiger partial charge in [-0.1, -0.05) is 19.9 Å². The Morgan fingerprint density at radius 2 is 2.05 bits per heavy atom. The van der Waals surface area contributed by atoms with E-state index in [-0.39, 0.29) is 11.4 Å². The first-order valence-corrected chi connectivity index (χ1v) is 6.77. The first-order chi connectivity index (χ1) is 10.1. The summed E-state index contributed by atoms with van der Waals surface area (Å²) in [6, 6.07) is 10.4. The van der Waals surface area contributed by atoms with E-state index in [0.29, 0.717) is 6.04 Å². The van der Waals surface area contributed by atoms with E-state index in [2.05, 4.69) is 24.1 Å². The van der Waals surface area contributed by atoms with E-state index < -0.39 is 0 Å². The molecule has 1 aromatic heterocycles. The number of nitriles is 2. The third-order valence-electron chi connectivity index (χ3n) is 3.28. The highest BCUT2D eigenvalue weighted by Gasteiger charge is 2.12. The van der Waals surface area contributed by atoms with Crippen LogP contribution >= 0.6 is 0 Å². The SMILES string of the molecule is Cc1cc(-n2cnc(C#N)c2C#N)ccc1CNC(C)C. The van der Waals surface area contributed by atoms with Gasteiger partial charge >= 0.3 is 0 Å². The molecule has 0 amide bonds. The van der Waals surface area contributed by atoms with Gasteiger partial charge in [-0.2, -0.15) is 10.5 Å². The molecule has 0 spiro atoms. The van der Waals surface area contributed by atoms with Crippen LogP contribution in [-0.2, 0) is 6.54 Å². The van der Waals surface area contributed by atoms with E-state index >= 15 is 0 Å². The molecular formula is C16H17N5. The predicted octanol–water partition coefficient (Wildman–Crippen LogP) is 2.42. The van der Waals surface area contributed by atoms with Crippen molar-refractivity contribution >= 4 is 0 Å². The van der Waals surface area contributed by atoms with Crippen molar-refractivity contribution in [2.24, 2.45) is 0 Å². The van der Waals surface area contributed by atoms with Crippen LogP contribution in [0, 0.1) is 29.6 Å². The molecule has 5 nitrogen and oxygen atoms in total. The van der Waals surface area contributed by atoms with E-state index in [1.54, 1.807) is 4.57 Å². The molecule has 0 aliphatic carbocycles. The van der Waals surface area contributed by atoms with Gasteiger partial charge in [0.05, 0.1) is 0 Å². The van der Waals surface area contributed by atoms with Gasteiger partial charge in [-0.25, -0.2) is 4.98 Å². The molecule has 21 heavy (non-hydrogen) atoms. The van der Waals surface area contributed by atoms with Crippen LogP contribution in [0.3, 0.4) is 0 Å². The van der Waals surface area contributed by atoms with Gasteiger partial charge in [0.1, 0.15) is 18.5 Å². The molecule has 0 radical (unpaired) electrons. The second-order valence-electron chi connectivity index (χ2n) is 5.18. The highest BCUT2D eigenvalue weighted by molar-refractivity contribution is 5.47. The van der Waals surface area contributed by atoms with Gasteiger partial charge in [-0.15, -0.1) is 0 Å². The summed E-state index contributed by atoms with van der Waals surface area (Å²) in [5.41, 5.74) is 3.61. The smallest absolute Gasteiger partial charge is 0.177 e. The summed E-state index contributed by atoms with van der Waals surface area (Å²) in [6.07, 6.45) is 1.51. The summed E-state index contributed by atoms with van der Waals surface area (Å²) in [5.74, 6) is 0. The Kier molecular flexibility index (Phi) is 4.37. The lowest BCUT2D eigenvalue weighted by molar-refractivity contribution is 0.587. The molecule has 0 saturated carbocycles. The molecule has 0 aliphatic rings. The van der Waals surface area contributed by atoms with Gasteiger partial charge in [0.25, 0.3) is 0 Å². The van der Waals surface area contributed by atoms with Gasteiger partial charge in [0.15, 0.2) is 11.4 Å². The average Bonchev–Trinajstić information content (AvgIpc) is 2.88. The summed E-state index contributed by atoms with van der Waals surface area (Å²) in [7, 11) is 0. The molecule has 2 rings (SSSR count). The van der Waals surface area contributed by atoms with E-state index in [1.807, 2.05) is 37.3 Å². The van der Waals surface area contributed by atoms with Crippen molar-refractivity contribution in [2.45, 2.75) is 33.4 Å². The third kappa shape index (κ3) is 3.10. The van der Waals surface area contributed by atoms with Gasteiger partial charge in [0.2, 0.25) is 0 Å². The van der Waals surface area contributed by atoms with Crippen molar-refractivity contribution in [2.75, 3.05) is 0 Å². The van der Waals surface area contributed by atoms with Gasteiger partial charge in [0, 0.05) is 18.3 Å². The number of aryl methyl sites for hydroxylation is 1. The van der Waals surface area contributed by atoms with Gasteiger partial charge in [-0.05, 0) is 30.2 Å². The van der Waals surface area contributed by atoms with Crippen molar-refractivity contribution in [1.82, 2.24) is 14.9 Å². The lowest BCUT2D eigenvalue weighted by Gasteiger charge is -2.12. The molecule has 2 aromatic rings. The van der Waals surface area contributed by atoms with Crippen LogP contribution in [0.1, 0.15) is 36.4 Å². The summed E-state index contributed by atoms with van der Waals surface area (Å²) >= 11 is 0. The van der Waals surface area contributed by atoms with Crippen LogP contribution in [0.5, 0.6) is 0 Å². The molecule has 0 bridgehead atoms. The summed E-state index contributed by atoms with van der Waals surface area (Å²) in [4.78, 5) is 3.96. The molecule has 106 valence electrons. The van der Waals surface area contributed by atoms with Gasteiger partial charge in [-0.3, -0.25) is 4.57 Å². The van der Waals surface area contributed by atoms with Crippen molar-refractivity contribution in [3.05, 3.63) is 47.0 Å². The maximum absolute atomic E-state index is 9.18. The zero-order valence-corrected chi connectivity index (χ0v) is 12.4. The van der Waals surface area contributed by atoms with Crippen LogP contribution in [-0.4, -0.2) is 15.6 Å². The monoisotopic (exact) mass is 279 g/mol. The Labute approximate surface area is 124 Å². The highest BCUT2D eigenvalue weighted by atomic mass is 15.1. The standard InChI is InChI=1S/C16H17N5/c1-11(2)19-9-13-4-5-14(6-12(13)3)21-10-20-15(7-17)16(21)8-18/h4-6,10-11,19H,9H2,1-3H3. The minimum absolute atomic E-state index is 0.153.